The van der Waals surface area contributed by atoms with Crippen molar-refractivity contribution in [2.45, 2.75) is 38.5 Å². The van der Waals surface area contributed by atoms with Crippen LogP contribution in [-0.4, -0.2) is 48.5 Å². The van der Waals surface area contributed by atoms with Crippen molar-refractivity contribution in [1.29, 1.82) is 0 Å². The van der Waals surface area contributed by atoms with Gasteiger partial charge in [0.15, 0.2) is 5.65 Å². The molecular formula is C28H29N7O. The molecule has 0 spiro atoms. The number of hydrogen-bond acceptors (Lipinski definition) is 6. The topological polar surface area (TPSA) is 93.2 Å². The zero-order chi connectivity index (χ0) is 24.6. The summed E-state index contributed by atoms with van der Waals surface area (Å²) >= 11 is 0. The molecule has 182 valence electrons. The van der Waals surface area contributed by atoms with Gasteiger partial charge in [0.1, 0.15) is 17.8 Å². The molecule has 0 bridgehead atoms. The number of hydrogen-bond donors (Lipinski definition) is 1. The van der Waals surface area contributed by atoms with E-state index in [9.17, 15) is 4.79 Å². The molecule has 4 aromatic rings. The molecule has 0 saturated carbocycles. The van der Waals surface area contributed by atoms with E-state index in [1.807, 2.05) is 9.58 Å². The van der Waals surface area contributed by atoms with Gasteiger partial charge < -0.3 is 10.6 Å². The largest absolute Gasteiger partial charge is 0.383 e. The van der Waals surface area contributed by atoms with Crippen LogP contribution in [0.5, 0.6) is 0 Å². The summed E-state index contributed by atoms with van der Waals surface area (Å²) in [6, 6.07) is 17.2. The summed E-state index contributed by atoms with van der Waals surface area (Å²) < 4.78 is 1.93. The number of fused-ring (bicyclic) bond motifs is 2. The zero-order valence-corrected chi connectivity index (χ0v) is 20.2. The highest BCUT2D eigenvalue weighted by molar-refractivity contribution is 5.98. The van der Waals surface area contributed by atoms with Crippen LogP contribution in [0, 0.1) is 0 Å². The maximum Gasteiger partial charge on any atom is 0.246 e. The summed E-state index contributed by atoms with van der Waals surface area (Å²) in [4.78, 5) is 25.3. The van der Waals surface area contributed by atoms with Crippen LogP contribution in [-0.2, 0) is 24.4 Å². The van der Waals surface area contributed by atoms with Gasteiger partial charge in [-0.25, -0.2) is 14.6 Å². The number of piperidine rings is 1. The predicted molar refractivity (Wildman–Crippen MR) is 140 cm³/mol. The lowest BCUT2D eigenvalue weighted by molar-refractivity contribution is -0.127. The van der Waals surface area contributed by atoms with Crippen LogP contribution in [0.2, 0.25) is 0 Å². The van der Waals surface area contributed by atoms with E-state index in [0.717, 1.165) is 55.7 Å². The Morgan fingerprint density at radius 3 is 2.56 bits per heavy atom. The average molecular weight is 480 g/mol. The molecule has 8 nitrogen and oxygen atoms in total. The number of carbonyl (C=O) groups is 1. The quantitative estimate of drug-likeness (QED) is 0.436. The predicted octanol–water partition coefficient (Wildman–Crippen LogP) is 3.94. The number of benzene rings is 2. The highest BCUT2D eigenvalue weighted by atomic mass is 16.2. The minimum absolute atomic E-state index is 0.0178. The van der Waals surface area contributed by atoms with Gasteiger partial charge in [-0.3, -0.25) is 9.69 Å². The van der Waals surface area contributed by atoms with Crippen molar-refractivity contribution in [3.8, 4) is 11.3 Å². The second-order valence-corrected chi connectivity index (χ2v) is 9.65. The minimum atomic E-state index is -0.0535. The molecule has 2 aliphatic heterocycles. The lowest BCUT2D eigenvalue weighted by Gasteiger charge is -2.32. The molecule has 1 atom stereocenters. The molecule has 1 fully saturated rings. The minimum Gasteiger partial charge on any atom is -0.383 e. The first-order valence-electron chi connectivity index (χ1n) is 12.4. The Balaban J connectivity index is 1.28. The molecule has 36 heavy (non-hydrogen) atoms. The number of amides is 1. The Labute approximate surface area is 210 Å². The summed E-state index contributed by atoms with van der Waals surface area (Å²) in [7, 11) is 0. The molecular weight excluding hydrogens is 450 g/mol. The summed E-state index contributed by atoms with van der Waals surface area (Å²) in [5.41, 5.74) is 12.9. The van der Waals surface area contributed by atoms with E-state index < -0.39 is 0 Å². The maximum absolute atomic E-state index is 12.2. The van der Waals surface area contributed by atoms with E-state index in [1.54, 1.807) is 0 Å². The standard InChI is InChI=1S/C28H29N7O/c1-2-24(36)34-13-5-8-23(17-34)35-28-25(27(29)30-18-31-28)26(32-35)20-11-9-19(10-12-20)14-33-15-21-6-3-4-7-22(21)16-33/h2-4,6-7,9-12,18,23H,1,5,8,13-17H2,(H2,29,30,31). The van der Waals surface area contributed by atoms with Gasteiger partial charge in [0.25, 0.3) is 0 Å². The SMILES string of the molecule is C=CC(=O)N1CCCC(n2nc(-c3ccc(CN4Cc5ccccc5C4)cc3)c3c(N)ncnc32)C1. The smallest absolute Gasteiger partial charge is 0.246 e. The van der Waals surface area contributed by atoms with Crippen LogP contribution in [0.3, 0.4) is 0 Å². The molecule has 0 aliphatic carbocycles. The Morgan fingerprint density at radius 2 is 1.83 bits per heavy atom. The average Bonchev–Trinajstić information content (AvgIpc) is 3.51. The molecule has 4 heterocycles. The third-order valence-corrected chi connectivity index (χ3v) is 7.29. The number of rotatable bonds is 5. The lowest BCUT2D eigenvalue weighted by atomic mass is 10.1. The first kappa shape index (κ1) is 22.4. The Bertz CT molecular complexity index is 1420. The van der Waals surface area contributed by atoms with Crippen LogP contribution in [0.25, 0.3) is 22.3 Å². The molecule has 1 amide bonds. The van der Waals surface area contributed by atoms with Crippen molar-refractivity contribution in [2.24, 2.45) is 0 Å². The van der Waals surface area contributed by atoms with Crippen molar-refractivity contribution in [2.75, 3.05) is 18.8 Å². The normalized spacial score (nSPS) is 17.9. The van der Waals surface area contributed by atoms with Crippen LogP contribution in [0.15, 0.2) is 67.5 Å². The number of aromatic nitrogens is 4. The Kier molecular flexibility index (Phi) is 5.73. The van der Waals surface area contributed by atoms with Crippen molar-refractivity contribution in [3.63, 3.8) is 0 Å². The first-order valence-corrected chi connectivity index (χ1v) is 12.4. The Hall–Kier alpha value is -4.04. The highest BCUT2D eigenvalue weighted by Gasteiger charge is 2.28. The van der Waals surface area contributed by atoms with Gasteiger partial charge in [0, 0.05) is 38.3 Å². The number of anilines is 1. The second kappa shape index (κ2) is 9.20. The second-order valence-electron chi connectivity index (χ2n) is 9.65. The fourth-order valence-electron chi connectivity index (χ4n) is 5.48. The van der Waals surface area contributed by atoms with Gasteiger partial charge in [-0.05, 0) is 35.6 Å². The van der Waals surface area contributed by atoms with E-state index in [2.05, 4.69) is 70.0 Å². The van der Waals surface area contributed by atoms with Crippen molar-refractivity contribution in [1.82, 2.24) is 29.5 Å². The summed E-state index contributed by atoms with van der Waals surface area (Å²) in [6.07, 6.45) is 4.67. The van der Waals surface area contributed by atoms with Gasteiger partial charge in [0.2, 0.25) is 5.91 Å². The number of likely N-dealkylation sites (tertiary alicyclic amines) is 1. The summed E-state index contributed by atoms with van der Waals surface area (Å²) in [5.74, 6) is 0.359. The number of nitrogens with two attached hydrogens (primary N) is 1. The van der Waals surface area contributed by atoms with Crippen LogP contribution in [0.4, 0.5) is 5.82 Å². The summed E-state index contributed by atoms with van der Waals surface area (Å²) in [5, 5.41) is 5.74. The van der Waals surface area contributed by atoms with Crippen molar-refractivity contribution >= 4 is 22.8 Å². The third-order valence-electron chi connectivity index (χ3n) is 7.29. The third kappa shape index (κ3) is 4.03. The van der Waals surface area contributed by atoms with E-state index in [4.69, 9.17) is 10.8 Å². The first-order chi connectivity index (χ1) is 17.6. The molecule has 2 aromatic carbocycles. The molecule has 2 aromatic heterocycles. The fraction of sp³-hybridized carbons (Fsp3) is 0.286. The monoisotopic (exact) mass is 479 g/mol. The molecule has 2 N–H and O–H groups in total. The number of nitrogen functional groups attached to an aromatic ring is 1. The molecule has 6 rings (SSSR count). The summed E-state index contributed by atoms with van der Waals surface area (Å²) in [6.45, 7) is 7.79. The van der Waals surface area contributed by atoms with Crippen LogP contribution < -0.4 is 5.73 Å². The van der Waals surface area contributed by atoms with Crippen LogP contribution in [0.1, 0.15) is 35.6 Å². The van der Waals surface area contributed by atoms with Gasteiger partial charge >= 0.3 is 0 Å². The van der Waals surface area contributed by atoms with E-state index in [0.29, 0.717) is 18.0 Å². The van der Waals surface area contributed by atoms with E-state index >= 15 is 0 Å². The van der Waals surface area contributed by atoms with E-state index in [1.165, 1.54) is 29.1 Å². The molecule has 1 saturated heterocycles. The van der Waals surface area contributed by atoms with Gasteiger partial charge in [-0.15, -0.1) is 0 Å². The fourth-order valence-corrected chi connectivity index (χ4v) is 5.48. The van der Waals surface area contributed by atoms with Crippen molar-refractivity contribution < 1.29 is 4.79 Å². The van der Waals surface area contributed by atoms with Crippen molar-refractivity contribution in [3.05, 3.63) is 84.2 Å². The maximum atomic E-state index is 12.2. The lowest BCUT2D eigenvalue weighted by Crippen LogP contribution is -2.40. The molecule has 8 heteroatoms. The molecule has 1 unspecified atom stereocenters. The number of carbonyl (C=O) groups excluding carboxylic acids is 1. The van der Waals surface area contributed by atoms with E-state index in [-0.39, 0.29) is 11.9 Å². The number of nitrogens with zero attached hydrogens (tertiary/aromatic N) is 6. The molecule has 0 radical (unpaired) electrons. The van der Waals surface area contributed by atoms with Gasteiger partial charge in [0.05, 0.1) is 11.4 Å². The Morgan fingerprint density at radius 1 is 1.08 bits per heavy atom. The zero-order valence-electron chi connectivity index (χ0n) is 20.2. The van der Waals surface area contributed by atoms with Gasteiger partial charge in [-0.2, -0.15) is 5.10 Å². The highest BCUT2D eigenvalue weighted by Crippen LogP contribution is 2.34. The van der Waals surface area contributed by atoms with Crippen LogP contribution >= 0.6 is 0 Å². The molecule has 2 aliphatic rings. The van der Waals surface area contributed by atoms with Gasteiger partial charge in [-0.1, -0.05) is 55.1 Å².